The summed E-state index contributed by atoms with van der Waals surface area (Å²) in [5.41, 5.74) is 0.422. The monoisotopic (exact) mass is 236 g/mol. The fraction of sp³-hybridized carbons (Fsp3) is 0.250. The normalized spacial score (nSPS) is 11.9. The Morgan fingerprint density at radius 1 is 1.35 bits per heavy atom. The van der Waals surface area contributed by atoms with Crippen LogP contribution >= 0.6 is 0 Å². The minimum absolute atomic E-state index is 0.0268. The van der Waals surface area contributed by atoms with Crippen molar-refractivity contribution in [2.45, 2.75) is 19.4 Å². The lowest BCUT2D eigenvalue weighted by Crippen LogP contribution is -2.12. The summed E-state index contributed by atoms with van der Waals surface area (Å²) in [6, 6.07) is 3.91. The van der Waals surface area contributed by atoms with E-state index < -0.39 is 12.1 Å². The third-order valence-corrected chi connectivity index (χ3v) is 2.31. The van der Waals surface area contributed by atoms with Gasteiger partial charge in [-0.1, -0.05) is 6.92 Å². The number of aliphatic hydroxyl groups is 1. The zero-order valence-corrected chi connectivity index (χ0v) is 9.21. The van der Waals surface area contributed by atoms with Crippen LogP contribution in [0.15, 0.2) is 18.2 Å². The summed E-state index contributed by atoms with van der Waals surface area (Å²) in [6.07, 6.45) is -0.992. The van der Waals surface area contributed by atoms with Gasteiger partial charge in [0.15, 0.2) is 11.9 Å². The third kappa shape index (κ3) is 2.98. The number of carbonyl (C=O) groups excluding carboxylic acids is 2. The van der Waals surface area contributed by atoms with Crippen LogP contribution in [0.25, 0.3) is 0 Å². The molecule has 1 unspecified atom stereocenters. The van der Waals surface area contributed by atoms with Gasteiger partial charge in [-0.05, 0) is 23.8 Å². The van der Waals surface area contributed by atoms with Crippen molar-refractivity contribution in [2.24, 2.45) is 0 Å². The van der Waals surface area contributed by atoms with Crippen LogP contribution < -0.4 is 0 Å². The highest BCUT2D eigenvalue weighted by atomic mass is 16.4. The van der Waals surface area contributed by atoms with Crippen LogP contribution in [-0.2, 0) is 4.79 Å². The average Bonchev–Trinajstić information content (AvgIpc) is 2.35. The van der Waals surface area contributed by atoms with Crippen LogP contribution in [0.2, 0.25) is 0 Å². The van der Waals surface area contributed by atoms with Crippen molar-refractivity contribution in [1.82, 2.24) is 0 Å². The van der Waals surface area contributed by atoms with E-state index in [2.05, 4.69) is 0 Å². The number of benzene rings is 1. The van der Waals surface area contributed by atoms with Crippen LogP contribution in [0, 0.1) is 0 Å². The molecule has 1 aromatic carbocycles. The SMILES string of the molecule is CCC(=O)c1cc(C=O)cc(C(O)C(=O)O)c1. The second-order valence-electron chi connectivity index (χ2n) is 3.52. The summed E-state index contributed by atoms with van der Waals surface area (Å²) >= 11 is 0. The second kappa shape index (κ2) is 5.36. The number of carboxylic acid groups (broad SMARTS) is 1. The molecular weight excluding hydrogens is 224 g/mol. The van der Waals surface area contributed by atoms with E-state index in [0.717, 1.165) is 0 Å². The number of carbonyl (C=O) groups is 3. The first kappa shape index (κ1) is 13.1. The van der Waals surface area contributed by atoms with E-state index in [-0.39, 0.29) is 28.9 Å². The summed E-state index contributed by atoms with van der Waals surface area (Å²) in [5, 5.41) is 18.0. The van der Waals surface area contributed by atoms with E-state index in [1.165, 1.54) is 18.2 Å². The molecule has 0 heterocycles. The van der Waals surface area contributed by atoms with Crippen molar-refractivity contribution in [1.29, 1.82) is 0 Å². The Labute approximate surface area is 97.7 Å². The van der Waals surface area contributed by atoms with Gasteiger partial charge in [-0.3, -0.25) is 9.59 Å². The molecule has 0 aliphatic rings. The van der Waals surface area contributed by atoms with Gasteiger partial charge in [-0.2, -0.15) is 0 Å². The minimum atomic E-state index is -1.74. The van der Waals surface area contributed by atoms with E-state index in [1.54, 1.807) is 6.92 Å². The summed E-state index contributed by atoms with van der Waals surface area (Å²) in [4.78, 5) is 32.8. The predicted molar refractivity (Wildman–Crippen MR) is 59.0 cm³/mol. The van der Waals surface area contributed by atoms with Crippen molar-refractivity contribution in [3.63, 3.8) is 0 Å². The number of Topliss-reactive ketones (excluding diaryl/α,β-unsaturated/α-hetero) is 1. The molecule has 1 rings (SSSR count). The van der Waals surface area contributed by atoms with E-state index in [0.29, 0.717) is 6.29 Å². The Morgan fingerprint density at radius 2 is 2.00 bits per heavy atom. The molecule has 0 aromatic heterocycles. The zero-order valence-electron chi connectivity index (χ0n) is 9.21. The highest BCUT2D eigenvalue weighted by Gasteiger charge is 2.18. The molecule has 1 aromatic rings. The van der Waals surface area contributed by atoms with Gasteiger partial charge in [0.05, 0.1) is 0 Å². The van der Waals surface area contributed by atoms with Crippen molar-refractivity contribution in [2.75, 3.05) is 0 Å². The van der Waals surface area contributed by atoms with Gasteiger partial charge in [-0.25, -0.2) is 4.79 Å². The summed E-state index contributed by atoms with van der Waals surface area (Å²) < 4.78 is 0. The Balaban J connectivity index is 3.27. The molecule has 0 amide bonds. The van der Waals surface area contributed by atoms with Crippen LogP contribution in [0.5, 0.6) is 0 Å². The molecule has 1 atom stereocenters. The first-order valence-electron chi connectivity index (χ1n) is 5.03. The van der Waals surface area contributed by atoms with Gasteiger partial charge in [0.25, 0.3) is 0 Å². The van der Waals surface area contributed by atoms with Crippen molar-refractivity contribution in [3.05, 3.63) is 34.9 Å². The van der Waals surface area contributed by atoms with Gasteiger partial charge in [0.2, 0.25) is 0 Å². The molecule has 0 aliphatic heterocycles. The predicted octanol–water partition coefficient (Wildman–Crippen LogP) is 1.21. The van der Waals surface area contributed by atoms with Gasteiger partial charge in [-0.15, -0.1) is 0 Å². The first-order chi connectivity index (χ1) is 7.99. The quantitative estimate of drug-likeness (QED) is 0.592. The number of aliphatic hydroxyl groups excluding tert-OH is 1. The molecule has 0 saturated carbocycles. The van der Waals surface area contributed by atoms with E-state index >= 15 is 0 Å². The van der Waals surface area contributed by atoms with Gasteiger partial charge >= 0.3 is 5.97 Å². The number of aldehydes is 1. The van der Waals surface area contributed by atoms with Gasteiger partial charge in [0.1, 0.15) is 6.29 Å². The molecule has 5 nitrogen and oxygen atoms in total. The highest BCUT2D eigenvalue weighted by Crippen LogP contribution is 2.18. The van der Waals surface area contributed by atoms with Crippen molar-refractivity contribution < 1.29 is 24.6 Å². The number of hydrogen-bond donors (Lipinski definition) is 2. The summed E-state index contributed by atoms with van der Waals surface area (Å²) in [5.74, 6) is -1.64. The standard InChI is InChI=1S/C12H12O5/c1-2-10(14)8-3-7(6-13)4-9(5-8)11(15)12(16)17/h3-6,11,15H,2H2,1H3,(H,16,17). The summed E-state index contributed by atoms with van der Waals surface area (Å²) in [6.45, 7) is 1.66. The molecule has 0 aliphatic carbocycles. The molecular formula is C12H12O5. The fourth-order valence-corrected chi connectivity index (χ4v) is 1.41. The third-order valence-electron chi connectivity index (χ3n) is 2.31. The van der Waals surface area contributed by atoms with E-state index in [9.17, 15) is 19.5 Å². The molecule has 0 radical (unpaired) electrons. The van der Waals surface area contributed by atoms with Crippen LogP contribution in [0.4, 0.5) is 0 Å². The molecule has 0 saturated heterocycles. The second-order valence-corrected chi connectivity index (χ2v) is 3.52. The Morgan fingerprint density at radius 3 is 2.47 bits per heavy atom. The fourth-order valence-electron chi connectivity index (χ4n) is 1.41. The smallest absolute Gasteiger partial charge is 0.337 e. The number of rotatable bonds is 5. The Kier molecular flexibility index (Phi) is 4.12. The molecule has 5 heteroatoms. The maximum atomic E-state index is 11.5. The molecule has 0 bridgehead atoms. The van der Waals surface area contributed by atoms with E-state index in [1.807, 2.05) is 0 Å². The van der Waals surface area contributed by atoms with Crippen LogP contribution in [0.3, 0.4) is 0 Å². The van der Waals surface area contributed by atoms with Gasteiger partial charge < -0.3 is 10.2 Å². The van der Waals surface area contributed by atoms with Gasteiger partial charge in [0, 0.05) is 17.5 Å². The largest absolute Gasteiger partial charge is 0.479 e. The molecule has 17 heavy (non-hydrogen) atoms. The Hall–Kier alpha value is -2.01. The molecule has 2 N–H and O–H groups in total. The Bertz CT molecular complexity index is 464. The lowest BCUT2D eigenvalue weighted by atomic mass is 9.99. The van der Waals surface area contributed by atoms with E-state index in [4.69, 9.17) is 5.11 Å². The zero-order chi connectivity index (χ0) is 13.0. The first-order valence-corrected chi connectivity index (χ1v) is 5.03. The minimum Gasteiger partial charge on any atom is -0.479 e. The lowest BCUT2D eigenvalue weighted by molar-refractivity contribution is -0.146. The lowest BCUT2D eigenvalue weighted by Gasteiger charge is -2.08. The van der Waals surface area contributed by atoms with Crippen LogP contribution in [0.1, 0.15) is 45.7 Å². The maximum Gasteiger partial charge on any atom is 0.337 e. The van der Waals surface area contributed by atoms with Crippen molar-refractivity contribution >= 4 is 18.0 Å². The summed E-state index contributed by atoms with van der Waals surface area (Å²) in [7, 11) is 0. The number of carboxylic acids is 1. The molecule has 0 spiro atoms. The average molecular weight is 236 g/mol. The topological polar surface area (TPSA) is 91.7 Å². The number of aliphatic carboxylic acids is 1. The number of hydrogen-bond acceptors (Lipinski definition) is 4. The number of ketones is 1. The molecule has 0 fully saturated rings. The maximum absolute atomic E-state index is 11.5. The van der Waals surface area contributed by atoms with Crippen molar-refractivity contribution in [3.8, 4) is 0 Å². The van der Waals surface area contributed by atoms with Crippen LogP contribution in [-0.4, -0.2) is 28.3 Å². The highest BCUT2D eigenvalue weighted by molar-refractivity contribution is 5.97. The molecule has 90 valence electrons.